The summed E-state index contributed by atoms with van der Waals surface area (Å²) in [5.41, 5.74) is -0.0871. The Balaban J connectivity index is 2.17. The quantitative estimate of drug-likeness (QED) is 0.768. The molecule has 1 aliphatic heterocycles. The van der Waals surface area contributed by atoms with Crippen LogP contribution in [0.4, 0.5) is 0 Å². The Kier molecular flexibility index (Phi) is 3.03. The minimum atomic E-state index is -0.447. The van der Waals surface area contributed by atoms with Crippen LogP contribution >= 0.6 is 0 Å². The number of aliphatic hydroxyl groups is 1. The van der Waals surface area contributed by atoms with Crippen molar-refractivity contribution in [2.24, 2.45) is 0 Å². The third-order valence-electron chi connectivity index (χ3n) is 3.87. The fourth-order valence-corrected chi connectivity index (χ4v) is 2.84. The second-order valence-corrected chi connectivity index (χ2v) is 4.85. The number of ether oxygens (including phenoxy) is 1. The Morgan fingerprint density at radius 3 is 2.53 bits per heavy atom. The van der Waals surface area contributed by atoms with Crippen molar-refractivity contribution in [1.29, 1.82) is 0 Å². The van der Waals surface area contributed by atoms with Gasteiger partial charge in [-0.15, -0.1) is 0 Å². The van der Waals surface area contributed by atoms with E-state index >= 15 is 0 Å². The average Bonchev–Trinajstić information content (AvgIpc) is 2.89. The van der Waals surface area contributed by atoms with Gasteiger partial charge in [0.25, 0.3) is 0 Å². The first kappa shape index (κ1) is 11.0. The maximum Gasteiger partial charge on any atom is 0.129 e. The number of rotatable bonds is 3. The largest absolute Gasteiger partial charge is 0.495 e. The van der Waals surface area contributed by atoms with Gasteiger partial charge in [0.15, 0.2) is 0 Å². The molecule has 0 aromatic heterocycles. The van der Waals surface area contributed by atoms with Crippen molar-refractivity contribution >= 4 is 0 Å². The monoisotopic (exact) mass is 211 g/mol. The first-order chi connectivity index (χ1) is 7.17. The molecule has 86 valence electrons. The number of likely N-dealkylation sites (N-methyl/N-ethyl adjacent to an activating group) is 1. The van der Waals surface area contributed by atoms with Crippen LogP contribution in [0, 0.1) is 0 Å². The predicted octanol–water partition coefficient (Wildman–Crippen LogP) is 1.53. The van der Waals surface area contributed by atoms with Crippen LogP contribution in [0.15, 0.2) is 11.8 Å². The molecule has 3 heteroatoms. The number of nitrogens with zero attached hydrogens (tertiary/aromatic N) is 1. The van der Waals surface area contributed by atoms with E-state index in [0.717, 1.165) is 31.6 Å². The van der Waals surface area contributed by atoms with Crippen LogP contribution < -0.4 is 0 Å². The second kappa shape index (κ2) is 4.14. The van der Waals surface area contributed by atoms with Crippen LogP contribution in [0.25, 0.3) is 0 Å². The maximum atomic E-state index is 10.4. The third kappa shape index (κ3) is 1.79. The van der Waals surface area contributed by atoms with E-state index in [1.165, 1.54) is 12.8 Å². The second-order valence-electron chi connectivity index (χ2n) is 4.85. The zero-order valence-electron chi connectivity index (χ0n) is 9.70. The summed E-state index contributed by atoms with van der Waals surface area (Å²) >= 11 is 0. The lowest BCUT2D eigenvalue weighted by molar-refractivity contribution is -0.0114. The molecule has 1 unspecified atom stereocenters. The smallest absolute Gasteiger partial charge is 0.129 e. The van der Waals surface area contributed by atoms with Gasteiger partial charge in [0, 0.05) is 6.42 Å². The molecule has 0 bridgehead atoms. The lowest BCUT2D eigenvalue weighted by Crippen LogP contribution is -2.52. The molecule has 0 saturated heterocycles. The summed E-state index contributed by atoms with van der Waals surface area (Å²) in [6.07, 6.45) is 7.09. The van der Waals surface area contributed by atoms with Gasteiger partial charge in [-0.1, -0.05) is 12.8 Å². The van der Waals surface area contributed by atoms with Crippen LogP contribution in [0.5, 0.6) is 0 Å². The van der Waals surface area contributed by atoms with E-state index in [1.807, 2.05) is 6.08 Å². The summed E-state index contributed by atoms with van der Waals surface area (Å²) in [5, 5.41) is 10.4. The number of hydrogen-bond donors (Lipinski definition) is 1. The van der Waals surface area contributed by atoms with Crippen molar-refractivity contribution in [3.8, 4) is 0 Å². The minimum Gasteiger partial charge on any atom is -0.495 e. The first-order valence-electron chi connectivity index (χ1n) is 5.85. The average molecular weight is 211 g/mol. The van der Waals surface area contributed by atoms with Crippen molar-refractivity contribution in [3.63, 3.8) is 0 Å². The molecule has 0 radical (unpaired) electrons. The van der Waals surface area contributed by atoms with Crippen LogP contribution in [-0.2, 0) is 4.74 Å². The van der Waals surface area contributed by atoms with Crippen molar-refractivity contribution in [2.45, 2.75) is 43.7 Å². The summed E-state index contributed by atoms with van der Waals surface area (Å²) in [4.78, 5) is 2.17. The van der Waals surface area contributed by atoms with Gasteiger partial charge in [0.2, 0.25) is 0 Å². The molecular formula is C12H21NO2. The molecular weight excluding hydrogens is 190 g/mol. The van der Waals surface area contributed by atoms with Crippen LogP contribution in [-0.4, -0.2) is 42.4 Å². The summed E-state index contributed by atoms with van der Waals surface area (Å²) in [5.74, 6) is 0.797. The maximum absolute atomic E-state index is 10.4. The molecule has 1 fully saturated rings. The summed E-state index contributed by atoms with van der Waals surface area (Å²) in [7, 11) is 4.12. The van der Waals surface area contributed by atoms with E-state index in [0.29, 0.717) is 0 Å². The Hall–Kier alpha value is -0.540. The highest BCUT2D eigenvalue weighted by molar-refractivity contribution is 5.14. The molecule has 1 heterocycles. The van der Waals surface area contributed by atoms with Gasteiger partial charge in [-0.2, -0.15) is 0 Å². The van der Waals surface area contributed by atoms with Gasteiger partial charge >= 0.3 is 0 Å². The lowest BCUT2D eigenvalue weighted by Gasteiger charge is -2.40. The number of aliphatic hydroxyl groups excluding tert-OH is 1. The molecule has 0 amide bonds. The van der Waals surface area contributed by atoms with Crippen LogP contribution in [0.1, 0.15) is 32.1 Å². The Labute approximate surface area is 91.7 Å². The Bertz CT molecular complexity index is 254. The van der Waals surface area contributed by atoms with Crippen molar-refractivity contribution in [1.82, 2.24) is 4.90 Å². The lowest BCUT2D eigenvalue weighted by atomic mass is 9.87. The molecule has 3 nitrogen and oxygen atoms in total. The highest BCUT2D eigenvalue weighted by Gasteiger charge is 2.45. The van der Waals surface area contributed by atoms with E-state index in [9.17, 15) is 5.11 Å². The van der Waals surface area contributed by atoms with Gasteiger partial charge in [-0.05, 0) is 33.0 Å². The Morgan fingerprint density at radius 1 is 1.40 bits per heavy atom. The first-order valence-corrected chi connectivity index (χ1v) is 5.85. The third-order valence-corrected chi connectivity index (χ3v) is 3.87. The summed E-state index contributed by atoms with van der Waals surface area (Å²) in [6.45, 7) is 0.732. The minimum absolute atomic E-state index is 0.0871. The number of hydrogen-bond acceptors (Lipinski definition) is 3. The summed E-state index contributed by atoms with van der Waals surface area (Å²) < 4.78 is 5.49. The van der Waals surface area contributed by atoms with E-state index in [2.05, 4.69) is 19.0 Å². The molecule has 2 aliphatic rings. The van der Waals surface area contributed by atoms with Gasteiger partial charge in [0.05, 0.1) is 12.1 Å². The van der Waals surface area contributed by atoms with Gasteiger partial charge in [0.1, 0.15) is 11.9 Å². The summed E-state index contributed by atoms with van der Waals surface area (Å²) in [6, 6.07) is 0. The fourth-order valence-electron chi connectivity index (χ4n) is 2.84. The van der Waals surface area contributed by atoms with Crippen molar-refractivity contribution in [3.05, 3.63) is 11.8 Å². The molecule has 1 saturated carbocycles. The van der Waals surface area contributed by atoms with E-state index in [4.69, 9.17) is 4.74 Å². The predicted molar refractivity (Wildman–Crippen MR) is 59.5 cm³/mol. The molecule has 0 aromatic carbocycles. The highest BCUT2D eigenvalue weighted by Crippen LogP contribution is 2.39. The molecule has 0 aromatic rings. The molecule has 2 rings (SSSR count). The Morgan fingerprint density at radius 2 is 2.07 bits per heavy atom. The normalized spacial score (nSPS) is 26.5. The van der Waals surface area contributed by atoms with Crippen LogP contribution in [0.2, 0.25) is 0 Å². The van der Waals surface area contributed by atoms with Gasteiger partial charge < -0.3 is 14.7 Å². The van der Waals surface area contributed by atoms with Gasteiger partial charge in [-0.3, -0.25) is 0 Å². The van der Waals surface area contributed by atoms with E-state index in [1.54, 1.807) is 0 Å². The molecule has 1 N–H and O–H groups in total. The van der Waals surface area contributed by atoms with Crippen LogP contribution in [0.3, 0.4) is 0 Å². The molecule has 0 spiro atoms. The highest BCUT2D eigenvalue weighted by atomic mass is 16.5. The zero-order valence-corrected chi connectivity index (χ0v) is 9.70. The fraction of sp³-hybridized carbons (Fsp3) is 0.833. The molecule has 1 atom stereocenters. The van der Waals surface area contributed by atoms with E-state index < -0.39 is 6.10 Å². The molecule has 1 aliphatic carbocycles. The topological polar surface area (TPSA) is 32.7 Å². The van der Waals surface area contributed by atoms with Crippen molar-refractivity contribution < 1.29 is 9.84 Å². The van der Waals surface area contributed by atoms with Crippen molar-refractivity contribution in [2.75, 3.05) is 20.7 Å². The zero-order chi connectivity index (χ0) is 10.9. The SMILES string of the molecule is CN(C)C1(C(O)C2=CCCO2)CCCC1. The molecule has 15 heavy (non-hydrogen) atoms. The van der Waals surface area contributed by atoms with Gasteiger partial charge in [-0.25, -0.2) is 0 Å². The van der Waals surface area contributed by atoms with E-state index in [-0.39, 0.29) is 5.54 Å². The standard InChI is InChI=1S/C12H21NO2/c1-13(2)12(7-3-4-8-12)11(14)10-6-5-9-15-10/h6,11,14H,3-5,7-9H2,1-2H3.